The van der Waals surface area contributed by atoms with Gasteiger partial charge in [-0.2, -0.15) is 0 Å². The summed E-state index contributed by atoms with van der Waals surface area (Å²) in [5.74, 6) is 1.68. The van der Waals surface area contributed by atoms with E-state index < -0.39 is 0 Å². The Hall–Kier alpha value is -2.24. The number of aryl methyl sites for hydroxylation is 1. The molecule has 0 amide bonds. The first kappa shape index (κ1) is 22.4. The van der Waals surface area contributed by atoms with E-state index in [9.17, 15) is 4.39 Å². The normalized spacial score (nSPS) is 15.5. The Kier molecular flexibility index (Phi) is 7.62. The molecule has 30 heavy (non-hydrogen) atoms. The summed E-state index contributed by atoms with van der Waals surface area (Å²) in [5.41, 5.74) is 3.37. The summed E-state index contributed by atoms with van der Waals surface area (Å²) in [6.07, 6.45) is 6.10. The van der Waals surface area contributed by atoms with Crippen LogP contribution in [-0.2, 0) is 12.8 Å². The molecule has 0 radical (unpaired) electrons. The third kappa shape index (κ3) is 4.73. The van der Waals surface area contributed by atoms with Crippen molar-refractivity contribution in [2.75, 3.05) is 26.8 Å². The predicted molar refractivity (Wildman–Crippen MR) is 122 cm³/mol. The summed E-state index contributed by atoms with van der Waals surface area (Å²) in [6, 6.07) is 11.3. The van der Waals surface area contributed by atoms with E-state index in [0.717, 1.165) is 67.8 Å². The highest BCUT2D eigenvalue weighted by Crippen LogP contribution is 2.34. The fourth-order valence-corrected chi connectivity index (χ4v) is 4.37. The van der Waals surface area contributed by atoms with E-state index in [1.807, 2.05) is 30.5 Å². The number of likely N-dealkylation sites (N-methyl/N-ethyl adjacent to an activating group) is 1. The molecule has 1 unspecified atom stereocenters. The second-order valence-electron chi connectivity index (χ2n) is 7.70. The molecular weight excluding hydrogens is 403 g/mol. The van der Waals surface area contributed by atoms with E-state index in [1.54, 1.807) is 13.2 Å². The summed E-state index contributed by atoms with van der Waals surface area (Å²) in [6.45, 7) is 4.96. The number of benzene rings is 2. The third-order valence-electron chi connectivity index (χ3n) is 5.97. The summed E-state index contributed by atoms with van der Waals surface area (Å²) >= 11 is 0. The second kappa shape index (κ2) is 10.2. The summed E-state index contributed by atoms with van der Waals surface area (Å²) in [7, 11) is 1.72. The van der Waals surface area contributed by atoms with E-state index >= 15 is 0 Å². The van der Waals surface area contributed by atoms with Crippen LogP contribution >= 0.6 is 12.4 Å². The molecule has 2 heterocycles. The molecule has 1 N–H and O–H groups in total. The number of ether oxygens (including phenoxy) is 2. The van der Waals surface area contributed by atoms with E-state index in [2.05, 4.69) is 16.8 Å². The van der Waals surface area contributed by atoms with Crippen LogP contribution in [0.25, 0.3) is 10.9 Å². The number of unbranched alkanes of at least 4 members (excludes halogenated alkanes) is 1. The number of fused-ring (bicyclic) bond motifs is 2. The quantitative estimate of drug-likeness (QED) is 0.485. The van der Waals surface area contributed by atoms with Crippen LogP contribution in [0.2, 0.25) is 0 Å². The molecule has 0 fully saturated rings. The van der Waals surface area contributed by atoms with Crippen molar-refractivity contribution in [3.8, 4) is 11.5 Å². The minimum atomic E-state index is -0.177. The summed E-state index contributed by atoms with van der Waals surface area (Å²) in [4.78, 5) is 5.75. The highest BCUT2D eigenvalue weighted by molar-refractivity contribution is 5.85. The number of rotatable bonds is 8. The minimum absolute atomic E-state index is 0. The van der Waals surface area contributed by atoms with Gasteiger partial charge in [0.25, 0.3) is 0 Å². The van der Waals surface area contributed by atoms with Gasteiger partial charge in [0, 0.05) is 28.7 Å². The van der Waals surface area contributed by atoms with Gasteiger partial charge in [0.15, 0.2) is 0 Å². The molecule has 4 rings (SSSR count). The number of halogens is 2. The van der Waals surface area contributed by atoms with Crippen LogP contribution in [0.1, 0.15) is 30.9 Å². The molecule has 1 atom stereocenters. The van der Waals surface area contributed by atoms with Crippen LogP contribution in [0.4, 0.5) is 4.39 Å². The molecule has 0 saturated heterocycles. The van der Waals surface area contributed by atoms with Gasteiger partial charge in [-0.15, -0.1) is 12.4 Å². The molecule has 6 heteroatoms. The van der Waals surface area contributed by atoms with Crippen molar-refractivity contribution < 1.29 is 13.9 Å². The number of methoxy groups -OCH3 is 1. The lowest BCUT2D eigenvalue weighted by atomic mass is 9.99. The molecule has 162 valence electrons. The molecule has 0 saturated carbocycles. The molecular formula is C24H30ClFN2O2. The Bertz CT molecular complexity index is 961. The van der Waals surface area contributed by atoms with E-state index in [-0.39, 0.29) is 18.2 Å². The number of nitrogens with zero attached hydrogens (tertiary/aromatic N) is 1. The number of aromatic nitrogens is 1. The molecule has 0 aliphatic carbocycles. The maximum atomic E-state index is 13.6. The van der Waals surface area contributed by atoms with Gasteiger partial charge in [-0.25, -0.2) is 4.39 Å². The monoisotopic (exact) mass is 432 g/mol. The van der Waals surface area contributed by atoms with Crippen LogP contribution in [0.3, 0.4) is 0 Å². The average Bonchev–Trinajstić information content (AvgIpc) is 3.15. The number of H-pyrrole nitrogens is 1. The predicted octanol–water partition coefficient (Wildman–Crippen LogP) is 5.39. The van der Waals surface area contributed by atoms with Crippen molar-refractivity contribution in [2.24, 2.45) is 0 Å². The Morgan fingerprint density at radius 1 is 1.23 bits per heavy atom. The number of nitrogens with one attached hydrogen (secondary N) is 1. The first-order valence-corrected chi connectivity index (χ1v) is 10.5. The molecule has 4 nitrogen and oxygen atoms in total. The van der Waals surface area contributed by atoms with E-state index in [0.29, 0.717) is 6.04 Å². The van der Waals surface area contributed by atoms with Crippen molar-refractivity contribution in [3.63, 3.8) is 0 Å². The highest BCUT2D eigenvalue weighted by Gasteiger charge is 2.26. The maximum Gasteiger partial charge on any atom is 0.126 e. The lowest BCUT2D eigenvalue weighted by Crippen LogP contribution is -2.43. The smallest absolute Gasteiger partial charge is 0.126 e. The average molecular weight is 433 g/mol. The van der Waals surface area contributed by atoms with Gasteiger partial charge >= 0.3 is 0 Å². The van der Waals surface area contributed by atoms with Crippen LogP contribution in [-0.4, -0.2) is 42.7 Å². The van der Waals surface area contributed by atoms with E-state index in [1.165, 1.54) is 17.2 Å². The molecule has 1 aliphatic heterocycles. The number of aromatic amines is 1. The Balaban J connectivity index is 0.00000256. The zero-order chi connectivity index (χ0) is 20.2. The van der Waals surface area contributed by atoms with Crippen molar-refractivity contribution in [1.29, 1.82) is 0 Å². The fraction of sp³-hybridized carbons (Fsp3) is 0.417. The van der Waals surface area contributed by atoms with E-state index in [4.69, 9.17) is 9.47 Å². The third-order valence-corrected chi connectivity index (χ3v) is 5.97. The fourth-order valence-electron chi connectivity index (χ4n) is 4.37. The van der Waals surface area contributed by atoms with Gasteiger partial charge in [-0.3, -0.25) is 4.90 Å². The van der Waals surface area contributed by atoms with Crippen LogP contribution in [0.5, 0.6) is 11.5 Å². The molecule has 0 spiro atoms. The standard InChI is InChI=1S/C24H29FN2O2.ClH/c1-3-27(19-14-21-23(28-2)8-6-9-24(21)29-16-19)12-5-4-7-17-15-26-22-11-10-18(25)13-20(17)22;/h6,8-11,13,15,19,26H,3-5,7,12,14,16H2,1-2H3;1H. The van der Waals surface area contributed by atoms with Crippen molar-refractivity contribution in [2.45, 2.75) is 38.6 Å². The Morgan fingerprint density at radius 2 is 2.10 bits per heavy atom. The second-order valence-corrected chi connectivity index (χ2v) is 7.70. The summed E-state index contributed by atoms with van der Waals surface area (Å²) < 4.78 is 25.1. The lowest BCUT2D eigenvalue weighted by Gasteiger charge is -2.35. The number of hydrogen-bond donors (Lipinski definition) is 1. The van der Waals surface area contributed by atoms with Gasteiger partial charge in [0.2, 0.25) is 0 Å². The lowest BCUT2D eigenvalue weighted by molar-refractivity contribution is 0.121. The van der Waals surface area contributed by atoms with Gasteiger partial charge in [0.05, 0.1) is 7.11 Å². The minimum Gasteiger partial charge on any atom is -0.496 e. The van der Waals surface area contributed by atoms with Gasteiger partial charge in [0.1, 0.15) is 23.9 Å². The molecule has 2 aromatic carbocycles. The van der Waals surface area contributed by atoms with Crippen LogP contribution in [0, 0.1) is 5.82 Å². The molecule has 0 bridgehead atoms. The number of hydrogen-bond acceptors (Lipinski definition) is 3. The molecule has 3 aromatic rings. The van der Waals surface area contributed by atoms with Crippen molar-refractivity contribution in [3.05, 3.63) is 59.5 Å². The van der Waals surface area contributed by atoms with Gasteiger partial charge in [-0.05, 0) is 74.7 Å². The summed E-state index contributed by atoms with van der Waals surface area (Å²) in [5, 5.41) is 1.00. The first-order valence-electron chi connectivity index (χ1n) is 10.5. The Labute approximate surface area is 183 Å². The van der Waals surface area contributed by atoms with Crippen molar-refractivity contribution in [1.82, 2.24) is 9.88 Å². The zero-order valence-electron chi connectivity index (χ0n) is 17.6. The van der Waals surface area contributed by atoms with Crippen molar-refractivity contribution >= 4 is 23.3 Å². The zero-order valence-corrected chi connectivity index (χ0v) is 18.4. The van der Waals surface area contributed by atoms with Gasteiger partial charge < -0.3 is 14.5 Å². The Morgan fingerprint density at radius 3 is 2.90 bits per heavy atom. The highest BCUT2D eigenvalue weighted by atomic mass is 35.5. The first-order chi connectivity index (χ1) is 14.2. The largest absolute Gasteiger partial charge is 0.496 e. The molecule has 1 aromatic heterocycles. The van der Waals surface area contributed by atoms with Crippen LogP contribution < -0.4 is 9.47 Å². The van der Waals surface area contributed by atoms with Gasteiger partial charge in [-0.1, -0.05) is 13.0 Å². The SMILES string of the molecule is CCN(CCCCc1c[nH]c2ccc(F)cc12)C1COc2cccc(OC)c2C1.Cl. The molecule has 1 aliphatic rings. The maximum absolute atomic E-state index is 13.6. The topological polar surface area (TPSA) is 37.5 Å². The van der Waals surface area contributed by atoms with Crippen LogP contribution in [0.15, 0.2) is 42.6 Å².